The minimum absolute atomic E-state index is 0.582. The molecule has 0 atom stereocenters. The standard InChI is InChI=1S/C16H13ClN4OS/c1-10(21-22)13-5-6-14(23-13)12-3-2-4-15(19-12)20-16-9-11(17)7-8-18-16/h2-9,22H,1H3,(H,18,19,20)/b21-10+. The molecule has 3 aromatic rings. The molecule has 0 aromatic carbocycles. The van der Waals surface area contributed by atoms with Gasteiger partial charge in [0.1, 0.15) is 11.6 Å². The average molecular weight is 345 g/mol. The van der Waals surface area contributed by atoms with Crippen LogP contribution in [0.5, 0.6) is 0 Å². The van der Waals surface area contributed by atoms with Crippen molar-refractivity contribution in [2.24, 2.45) is 5.16 Å². The van der Waals surface area contributed by atoms with Crippen LogP contribution < -0.4 is 5.32 Å². The third-order valence-corrected chi connectivity index (χ3v) is 4.54. The number of pyridine rings is 2. The molecule has 3 aromatic heterocycles. The Morgan fingerprint density at radius 2 is 2.09 bits per heavy atom. The topological polar surface area (TPSA) is 70.4 Å². The summed E-state index contributed by atoms with van der Waals surface area (Å²) in [5.74, 6) is 1.32. The Balaban J connectivity index is 1.86. The molecule has 3 heterocycles. The van der Waals surface area contributed by atoms with E-state index in [2.05, 4.69) is 20.4 Å². The third-order valence-electron chi connectivity index (χ3n) is 3.09. The van der Waals surface area contributed by atoms with Gasteiger partial charge in [0, 0.05) is 11.2 Å². The number of aromatic nitrogens is 2. The summed E-state index contributed by atoms with van der Waals surface area (Å²) in [6.07, 6.45) is 1.64. The maximum absolute atomic E-state index is 8.85. The van der Waals surface area contributed by atoms with Crippen molar-refractivity contribution in [1.29, 1.82) is 0 Å². The summed E-state index contributed by atoms with van der Waals surface area (Å²) in [6.45, 7) is 1.76. The van der Waals surface area contributed by atoms with Crippen LogP contribution in [0.1, 0.15) is 11.8 Å². The molecule has 0 unspecified atom stereocenters. The molecular formula is C16H13ClN4OS. The molecule has 0 spiro atoms. The van der Waals surface area contributed by atoms with Crippen LogP contribution in [0.15, 0.2) is 53.8 Å². The number of halogens is 1. The van der Waals surface area contributed by atoms with Gasteiger partial charge in [-0.1, -0.05) is 22.8 Å². The molecule has 0 radical (unpaired) electrons. The minimum Gasteiger partial charge on any atom is -0.411 e. The van der Waals surface area contributed by atoms with E-state index in [4.69, 9.17) is 16.8 Å². The number of hydrogen-bond donors (Lipinski definition) is 2. The number of hydrogen-bond acceptors (Lipinski definition) is 6. The van der Waals surface area contributed by atoms with Gasteiger partial charge in [-0.2, -0.15) is 0 Å². The Bertz CT molecular complexity index is 863. The van der Waals surface area contributed by atoms with Crippen molar-refractivity contribution in [3.63, 3.8) is 0 Å². The summed E-state index contributed by atoms with van der Waals surface area (Å²) in [5, 5.41) is 15.8. The molecule has 5 nitrogen and oxygen atoms in total. The zero-order chi connectivity index (χ0) is 16.2. The Morgan fingerprint density at radius 3 is 2.87 bits per heavy atom. The Labute approximate surface area is 142 Å². The molecule has 3 rings (SSSR count). The number of nitrogens with one attached hydrogen (secondary N) is 1. The average Bonchev–Trinajstić information content (AvgIpc) is 3.04. The highest BCUT2D eigenvalue weighted by atomic mass is 35.5. The Hall–Kier alpha value is -2.44. The normalized spacial score (nSPS) is 11.5. The van der Waals surface area contributed by atoms with Gasteiger partial charge in [-0.15, -0.1) is 11.3 Å². The molecule has 0 fully saturated rings. The lowest BCUT2D eigenvalue weighted by molar-refractivity contribution is 0.319. The Kier molecular flexibility index (Phi) is 4.55. The first kappa shape index (κ1) is 15.5. The van der Waals surface area contributed by atoms with Crippen LogP contribution >= 0.6 is 22.9 Å². The molecule has 23 heavy (non-hydrogen) atoms. The number of anilines is 2. The van der Waals surface area contributed by atoms with Gasteiger partial charge in [-0.3, -0.25) is 0 Å². The van der Waals surface area contributed by atoms with E-state index < -0.39 is 0 Å². The van der Waals surface area contributed by atoms with E-state index in [0.717, 1.165) is 15.4 Å². The molecule has 0 saturated carbocycles. The summed E-state index contributed by atoms with van der Waals surface area (Å²) in [4.78, 5) is 10.7. The fourth-order valence-electron chi connectivity index (χ4n) is 1.97. The van der Waals surface area contributed by atoms with Crippen LogP contribution in [0.25, 0.3) is 10.6 Å². The molecule has 0 saturated heterocycles. The van der Waals surface area contributed by atoms with Gasteiger partial charge < -0.3 is 10.5 Å². The molecular weight excluding hydrogens is 332 g/mol. The van der Waals surface area contributed by atoms with Gasteiger partial charge in [0.25, 0.3) is 0 Å². The van der Waals surface area contributed by atoms with Crippen molar-refractivity contribution in [3.05, 3.63) is 58.6 Å². The molecule has 0 aliphatic carbocycles. The second kappa shape index (κ2) is 6.76. The number of rotatable bonds is 4. The highest BCUT2D eigenvalue weighted by Crippen LogP contribution is 2.28. The monoisotopic (exact) mass is 344 g/mol. The van der Waals surface area contributed by atoms with Crippen molar-refractivity contribution in [2.45, 2.75) is 6.92 Å². The number of oxime groups is 1. The van der Waals surface area contributed by atoms with Gasteiger partial charge in [-0.05, 0) is 43.3 Å². The summed E-state index contributed by atoms with van der Waals surface area (Å²) >= 11 is 7.47. The molecule has 0 bridgehead atoms. The lowest BCUT2D eigenvalue weighted by atomic mass is 10.3. The van der Waals surface area contributed by atoms with E-state index >= 15 is 0 Å². The molecule has 0 aliphatic rings. The number of nitrogens with zero attached hydrogens (tertiary/aromatic N) is 3. The van der Waals surface area contributed by atoms with E-state index in [-0.39, 0.29) is 0 Å². The second-order valence-electron chi connectivity index (χ2n) is 4.74. The summed E-state index contributed by atoms with van der Waals surface area (Å²) in [6, 6.07) is 13.0. The zero-order valence-electron chi connectivity index (χ0n) is 12.2. The number of thiophene rings is 1. The SMILES string of the molecule is C/C(=N\O)c1ccc(-c2cccc(Nc3cc(Cl)ccn3)n2)s1. The molecule has 116 valence electrons. The van der Waals surface area contributed by atoms with E-state index in [1.165, 1.54) is 11.3 Å². The largest absolute Gasteiger partial charge is 0.411 e. The fraction of sp³-hybridized carbons (Fsp3) is 0.0625. The van der Waals surface area contributed by atoms with Gasteiger partial charge in [0.15, 0.2) is 0 Å². The van der Waals surface area contributed by atoms with Crippen LogP contribution in [0, 0.1) is 0 Å². The highest BCUT2D eigenvalue weighted by molar-refractivity contribution is 7.17. The van der Waals surface area contributed by atoms with E-state index in [1.807, 2.05) is 30.3 Å². The smallest absolute Gasteiger partial charge is 0.132 e. The third kappa shape index (κ3) is 3.67. The van der Waals surface area contributed by atoms with Gasteiger partial charge in [-0.25, -0.2) is 9.97 Å². The van der Waals surface area contributed by atoms with Crippen molar-refractivity contribution in [3.8, 4) is 10.6 Å². The summed E-state index contributed by atoms with van der Waals surface area (Å²) in [5.41, 5.74) is 1.41. The highest BCUT2D eigenvalue weighted by Gasteiger charge is 2.08. The van der Waals surface area contributed by atoms with E-state index in [1.54, 1.807) is 25.3 Å². The quantitative estimate of drug-likeness (QED) is 0.405. The lowest BCUT2D eigenvalue weighted by Gasteiger charge is -2.06. The first-order valence-electron chi connectivity index (χ1n) is 6.80. The summed E-state index contributed by atoms with van der Waals surface area (Å²) in [7, 11) is 0. The molecule has 2 N–H and O–H groups in total. The van der Waals surface area contributed by atoms with Gasteiger partial charge in [0.2, 0.25) is 0 Å². The van der Waals surface area contributed by atoms with Crippen LogP contribution in [0.2, 0.25) is 5.02 Å². The van der Waals surface area contributed by atoms with E-state index in [9.17, 15) is 0 Å². The van der Waals surface area contributed by atoms with Crippen LogP contribution in [-0.2, 0) is 0 Å². The molecule has 0 amide bonds. The predicted molar refractivity (Wildman–Crippen MR) is 94.1 cm³/mol. The zero-order valence-corrected chi connectivity index (χ0v) is 13.8. The van der Waals surface area contributed by atoms with Crippen LogP contribution in [-0.4, -0.2) is 20.9 Å². The van der Waals surface area contributed by atoms with E-state index in [0.29, 0.717) is 22.4 Å². The first-order valence-corrected chi connectivity index (χ1v) is 8.00. The van der Waals surface area contributed by atoms with Gasteiger partial charge in [0.05, 0.1) is 21.2 Å². The van der Waals surface area contributed by atoms with Gasteiger partial charge >= 0.3 is 0 Å². The van der Waals surface area contributed by atoms with Crippen LogP contribution in [0.3, 0.4) is 0 Å². The van der Waals surface area contributed by atoms with Crippen molar-refractivity contribution < 1.29 is 5.21 Å². The maximum atomic E-state index is 8.85. The van der Waals surface area contributed by atoms with Crippen LogP contribution in [0.4, 0.5) is 11.6 Å². The molecule has 0 aliphatic heterocycles. The van der Waals surface area contributed by atoms with Crippen molar-refractivity contribution in [1.82, 2.24) is 9.97 Å². The first-order chi connectivity index (χ1) is 11.2. The molecule has 7 heteroatoms. The fourth-order valence-corrected chi connectivity index (χ4v) is 3.04. The van der Waals surface area contributed by atoms with Crippen molar-refractivity contribution in [2.75, 3.05) is 5.32 Å². The summed E-state index contributed by atoms with van der Waals surface area (Å²) < 4.78 is 0. The van der Waals surface area contributed by atoms with Crippen molar-refractivity contribution >= 4 is 40.3 Å². The minimum atomic E-state index is 0.582. The lowest BCUT2D eigenvalue weighted by Crippen LogP contribution is -1.96. The Morgan fingerprint density at radius 1 is 1.22 bits per heavy atom. The second-order valence-corrected chi connectivity index (χ2v) is 6.26. The maximum Gasteiger partial charge on any atom is 0.132 e. The predicted octanol–water partition coefficient (Wildman–Crippen LogP) is 4.80.